The molecule has 0 aromatic heterocycles. The molecule has 0 amide bonds. The van der Waals surface area contributed by atoms with Crippen molar-refractivity contribution in [3.63, 3.8) is 0 Å². The topological polar surface area (TPSA) is 38.3 Å². The third kappa shape index (κ3) is 4.49. The number of nitrogens with one attached hydrogen (secondary N) is 1. The Labute approximate surface area is 125 Å². The number of carbonyl (C=O) groups excluding carboxylic acids is 1. The summed E-state index contributed by atoms with van der Waals surface area (Å²) in [6.45, 7) is 4.57. The van der Waals surface area contributed by atoms with Crippen molar-refractivity contribution in [2.24, 2.45) is 0 Å². The van der Waals surface area contributed by atoms with Crippen molar-refractivity contribution in [3.05, 3.63) is 71.9 Å². The Bertz CT molecular complexity index is 630. The number of ketones is 1. The number of benzene rings is 2. The minimum atomic E-state index is -0.0165. The van der Waals surface area contributed by atoms with Gasteiger partial charge in [-0.25, -0.2) is 0 Å². The molecule has 0 saturated heterocycles. The third-order valence-corrected chi connectivity index (χ3v) is 2.95. The molecule has 2 aromatic rings. The summed E-state index contributed by atoms with van der Waals surface area (Å²) >= 11 is 0. The van der Waals surface area contributed by atoms with Gasteiger partial charge in [-0.1, -0.05) is 23.8 Å². The highest BCUT2D eigenvalue weighted by Crippen LogP contribution is 2.15. The van der Waals surface area contributed by atoms with Crippen LogP contribution in [-0.2, 0) is 0 Å². The zero-order valence-corrected chi connectivity index (χ0v) is 12.3. The summed E-state index contributed by atoms with van der Waals surface area (Å²) < 4.78 is 5.37. The van der Waals surface area contributed by atoms with Crippen molar-refractivity contribution < 1.29 is 9.53 Å². The van der Waals surface area contributed by atoms with E-state index >= 15 is 0 Å². The molecule has 0 heterocycles. The van der Waals surface area contributed by atoms with Crippen LogP contribution in [0.15, 0.2) is 60.8 Å². The van der Waals surface area contributed by atoms with Crippen LogP contribution in [0.1, 0.15) is 22.8 Å². The van der Waals surface area contributed by atoms with Gasteiger partial charge in [-0.3, -0.25) is 4.79 Å². The average molecular weight is 281 g/mol. The lowest BCUT2D eigenvalue weighted by Gasteiger charge is -2.04. The minimum Gasteiger partial charge on any atom is -0.494 e. The summed E-state index contributed by atoms with van der Waals surface area (Å²) in [7, 11) is 0. The van der Waals surface area contributed by atoms with E-state index in [1.807, 2.05) is 62.4 Å². The van der Waals surface area contributed by atoms with Crippen molar-refractivity contribution in [2.45, 2.75) is 13.8 Å². The Hall–Kier alpha value is -2.55. The number of allylic oxidation sites excluding steroid dienone is 1. The second-order valence-corrected chi connectivity index (χ2v) is 4.67. The summed E-state index contributed by atoms with van der Waals surface area (Å²) in [6.07, 6.45) is 3.19. The SMILES string of the molecule is CCOc1ccc(N/C=C/C(=O)c2cccc(C)c2)cc1. The molecule has 0 radical (unpaired) electrons. The van der Waals surface area contributed by atoms with E-state index in [1.54, 1.807) is 6.20 Å². The molecule has 0 atom stereocenters. The molecule has 3 heteroatoms. The van der Waals surface area contributed by atoms with Gasteiger partial charge in [0.05, 0.1) is 6.61 Å². The van der Waals surface area contributed by atoms with E-state index in [4.69, 9.17) is 4.74 Å². The monoisotopic (exact) mass is 281 g/mol. The molecule has 0 unspecified atom stereocenters. The van der Waals surface area contributed by atoms with Crippen LogP contribution in [0.5, 0.6) is 5.75 Å². The van der Waals surface area contributed by atoms with E-state index in [2.05, 4.69) is 5.32 Å². The molecule has 3 nitrogen and oxygen atoms in total. The first-order valence-electron chi connectivity index (χ1n) is 6.96. The number of carbonyl (C=O) groups is 1. The number of aryl methyl sites for hydroxylation is 1. The van der Waals surface area contributed by atoms with E-state index in [9.17, 15) is 4.79 Å². The summed E-state index contributed by atoms with van der Waals surface area (Å²) in [5, 5.41) is 3.07. The van der Waals surface area contributed by atoms with Crippen molar-refractivity contribution >= 4 is 11.5 Å². The maximum atomic E-state index is 12.0. The van der Waals surface area contributed by atoms with E-state index in [0.29, 0.717) is 12.2 Å². The molecule has 1 N–H and O–H groups in total. The summed E-state index contributed by atoms with van der Waals surface area (Å²) in [4.78, 5) is 12.0. The van der Waals surface area contributed by atoms with E-state index in [0.717, 1.165) is 17.0 Å². The van der Waals surface area contributed by atoms with Gasteiger partial charge in [0.15, 0.2) is 5.78 Å². The second-order valence-electron chi connectivity index (χ2n) is 4.67. The maximum Gasteiger partial charge on any atom is 0.187 e. The highest BCUT2D eigenvalue weighted by atomic mass is 16.5. The summed E-state index contributed by atoms with van der Waals surface area (Å²) in [5.41, 5.74) is 2.68. The van der Waals surface area contributed by atoms with Gasteiger partial charge in [-0.05, 0) is 44.2 Å². The highest BCUT2D eigenvalue weighted by Gasteiger charge is 2.00. The van der Waals surface area contributed by atoms with E-state index < -0.39 is 0 Å². The zero-order chi connectivity index (χ0) is 15.1. The molecule has 2 rings (SSSR count). The predicted octanol–water partition coefficient (Wildman–Crippen LogP) is 4.20. The van der Waals surface area contributed by atoms with Crippen LogP contribution in [0.4, 0.5) is 5.69 Å². The quantitative estimate of drug-likeness (QED) is 0.637. The Morgan fingerprint density at radius 2 is 1.95 bits per heavy atom. The first kappa shape index (κ1) is 14.9. The molecule has 0 aliphatic carbocycles. The fraction of sp³-hybridized carbons (Fsp3) is 0.167. The first-order chi connectivity index (χ1) is 10.2. The molecule has 108 valence electrons. The van der Waals surface area contributed by atoms with Gasteiger partial charge in [-0.2, -0.15) is 0 Å². The molecule has 0 fully saturated rings. The number of hydrogen-bond donors (Lipinski definition) is 1. The number of hydrogen-bond acceptors (Lipinski definition) is 3. The van der Waals surface area contributed by atoms with E-state index in [-0.39, 0.29) is 5.78 Å². The van der Waals surface area contributed by atoms with Crippen LogP contribution in [0, 0.1) is 6.92 Å². The zero-order valence-electron chi connectivity index (χ0n) is 12.3. The molecule has 0 bridgehead atoms. The highest BCUT2D eigenvalue weighted by molar-refractivity contribution is 6.04. The van der Waals surface area contributed by atoms with Crippen LogP contribution >= 0.6 is 0 Å². The molecular weight excluding hydrogens is 262 g/mol. The number of rotatable bonds is 6. The van der Waals surface area contributed by atoms with Gasteiger partial charge in [0.1, 0.15) is 5.75 Å². The van der Waals surface area contributed by atoms with E-state index in [1.165, 1.54) is 6.08 Å². The standard InChI is InChI=1S/C18H19NO2/c1-3-21-17-9-7-16(8-10-17)19-12-11-18(20)15-6-4-5-14(2)13-15/h4-13,19H,3H2,1-2H3/b12-11+. The van der Waals surface area contributed by atoms with Crippen LogP contribution < -0.4 is 10.1 Å². The minimum absolute atomic E-state index is 0.0165. The average Bonchev–Trinajstić information content (AvgIpc) is 2.49. The molecule has 2 aromatic carbocycles. The smallest absolute Gasteiger partial charge is 0.187 e. The molecular formula is C18H19NO2. The second kappa shape index (κ2) is 7.29. The van der Waals surface area contributed by atoms with Gasteiger partial charge < -0.3 is 10.1 Å². The lowest BCUT2D eigenvalue weighted by atomic mass is 10.1. The molecule has 0 spiro atoms. The van der Waals surface area contributed by atoms with Gasteiger partial charge in [0, 0.05) is 23.5 Å². The largest absolute Gasteiger partial charge is 0.494 e. The van der Waals surface area contributed by atoms with Crippen molar-refractivity contribution in [1.29, 1.82) is 0 Å². The van der Waals surface area contributed by atoms with Crippen molar-refractivity contribution in [3.8, 4) is 5.75 Å². The van der Waals surface area contributed by atoms with Crippen LogP contribution in [0.25, 0.3) is 0 Å². The van der Waals surface area contributed by atoms with Gasteiger partial charge in [0.25, 0.3) is 0 Å². The molecule has 0 aliphatic heterocycles. The van der Waals surface area contributed by atoms with Crippen LogP contribution in [0.3, 0.4) is 0 Å². The van der Waals surface area contributed by atoms with Crippen molar-refractivity contribution in [2.75, 3.05) is 11.9 Å². The van der Waals surface area contributed by atoms with Crippen molar-refractivity contribution in [1.82, 2.24) is 0 Å². The lowest BCUT2D eigenvalue weighted by molar-refractivity contribution is 0.104. The molecule has 21 heavy (non-hydrogen) atoms. The van der Waals surface area contributed by atoms with Gasteiger partial charge in [-0.15, -0.1) is 0 Å². The molecule has 0 aliphatic rings. The number of anilines is 1. The fourth-order valence-corrected chi connectivity index (χ4v) is 1.92. The normalized spacial score (nSPS) is 10.6. The summed E-state index contributed by atoms with van der Waals surface area (Å²) in [6, 6.07) is 15.2. The van der Waals surface area contributed by atoms with Gasteiger partial charge >= 0.3 is 0 Å². The Balaban J connectivity index is 1.94. The fourth-order valence-electron chi connectivity index (χ4n) is 1.92. The summed E-state index contributed by atoms with van der Waals surface area (Å²) in [5.74, 6) is 0.819. The maximum absolute atomic E-state index is 12.0. The molecule has 0 saturated carbocycles. The Morgan fingerprint density at radius 1 is 1.19 bits per heavy atom. The first-order valence-corrected chi connectivity index (χ1v) is 6.96. The Morgan fingerprint density at radius 3 is 2.62 bits per heavy atom. The number of ether oxygens (including phenoxy) is 1. The predicted molar refractivity (Wildman–Crippen MR) is 85.9 cm³/mol. The lowest BCUT2D eigenvalue weighted by Crippen LogP contribution is -1.97. The Kier molecular flexibility index (Phi) is 5.16. The van der Waals surface area contributed by atoms with Crippen LogP contribution in [0.2, 0.25) is 0 Å². The van der Waals surface area contributed by atoms with Gasteiger partial charge in [0.2, 0.25) is 0 Å². The van der Waals surface area contributed by atoms with Crippen LogP contribution in [-0.4, -0.2) is 12.4 Å². The third-order valence-electron chi connectivity index (χ3n) is 2.95.